The predicted molar refractivity (Wildman–Crippen MR) is 116 cm³/mol. The van der Waals surface area contributed by atoms with Crippen LogP contribution in [0.5, 0.6) is 0 Å². The van der Waals surface area contributed by atoms with Crippen molar-refractivity contribution in [3.63, 3.8) is 0 Å². The van der Waals surface area contributed by atoms with Gasteiger partial charge in [-0.15, -0.1) is 0 Å². The van der Waals surface area contributed by atoms with Crippen molar-refractivity contribution in [3.8, 4) is 0 Å². The van der Waals surface area contributed by atoms with E-state index in [0.717, 1.165) is 44.8 Å². The van der Waals surface area contributed by atoms with Crippen molar-refractivity contribution in [1.82, 2.24) is 15.1 Å². The number of likely N-dealkylation sites (N-methyl/N-ethyl adjacent to an activating group) is 1. The van der Waals surface area contributed by atoms with Crippen LogP contribution in [0.3, 0.4) is 0 Å². The van der Waals surface area contributed by atoms with Gasteiger partial charge in [0.15, 0.2) is 0 Å². The second-order valence-electron chi connectivity index (χ2n) is 7.68. The van der Waals surface area contributed by atoms with Gasteiger partial charge in [-0.1, -0.05) is 48.5 Å². The largest absolute Gasteiger partial charge is 0.334 e. The van der Waals surface area contributed by atoms with Gasteiger partial charge in [-0.2, -0.15) is 0 Å². The average molecular weight is 381 g/mol. The minimum atomic E-state index is -0.0243. The molecule has 1 saturated heterocycles. The molecule has 1 fully saturated rings. The molecule has 2 amide bonds. The normalized spacial score (nSPS) is 16.5. The van der Waals surface area contributed by atoms with Crippen LogP contribution < -0.4 is 10.2 Å². The van der Waals surface area contributed by atoms with E-state index in [1.165, 1.54) is 5.56 Å². The second kappa shape index (κ2) is 10.2. The van der Waals surface area contributed by atoms with Crippen LogP contribution in [0.15, 0.2) is 60.7 Å². The summed E-state index contributed by atoms with van der Waals surface area (Å²) in [5, 5.41) is 3.20. The van der Waals surface area contributed by atoms with Gasteiger partial charge in [0, 0.05) is 51.0 Å². The fourth-order valence-corrected chi connectivity index (χ4v) is 3.59. The third kappa shape index (κ3) is 6.08. The fourth-order valence-electron chi connectivity index (χ4n) is 3.59. The third-order valence-corrected chi connectivity index (χ3v) is 5.28. The molecule has 28 heavy (non-hydrogen) atoms. The number of carbonyl (C=O) groups is 1. The van der Waals surface area contributed by atoms with E-state index in [4.69, 9.17) is 0 Å². The lowest BCUT2D eigenvalue weighted by Crippen LogP contribution is -2.52. The molecule has 1 atom stereocenters. The first-order valence-electron chi connectivity index (χ1n) is 10.2. The molecule has 0 saturated carbocycles. The Hall–Kier alpha value is -2.37. The molecule has 0 unspecified atom stereocenters. The van der Waals surface area contributed by atoms with Crippen LogP contribution in [0.4, 0.5) is 10.5 Å². The Morgan fingerprint density at radius 1 is 1.00 bits per heavy atom. The number of hydrogen-bond acceptors (Lipinski definition) is 3. The molecule has 0 bridgehead atoms. The number of piperazine rings is 1. The highest BCUT2D eigenvalue weighted by Crippen LogP contribution is 2.15. The number of rotatable bonds is 7. The molecule has 0 aliphatic carbocycles. The highest BCUT2D eigenvalue weighted by molar-refractivity contribution is 5.92. The molecule has 0 aromatic heterocycles. The van der Waals surface area contributed by atoms with E-state index in [2.05, 4.69) is 41.2 Å². The standard InChI is InChI=1S/C23H32N4O/c1-20(19-26-17-15-25(2)16-18-26)24-23(28)27(22-11-7-4-8-12-22)14-13-21-9-5-3-6-10-21/h3-12,20H,13-19H2,1-2H3,(H,24,28)/t20-/m1/s1. The predicted octanol–water partition coefficient (Wildman–Crippen LogP) is 3.08. The molecule has 3 rings (SSSR count). The van der Waals surface area contributed by atoms with Crippen molar-refractivity contribution in [3.05, 3.63) is 66.2 Å². The SMILES string of the molecule is C[C@H](CN1CCN(C)CC1)NC(=O)N(CCc1ccccc1)c1ccccc1. The Balaban J connectivity index is 1.59. The van der Waals surface area contributed by atoms with Crippen molar-refractivity contribution < 1.29 is 4.79 Å². The first kappa shape index (κ1) is 20.4. The van der Waals surface area contributed by atoms with Crippen LogP contribution in [0.2, 0.25) is 0 Å². The minimum Gasteiger partial charge on any atom is -0.334 e. The summed E-state index contributed by atoms with van der Waals surface area (Å²) in [6.07, 6.45) is 0.829. The summed E-state index contributed by atoms with van der Waals surface area (Å²) in [4.78, 5) is 19.7. The Morgan fingerprint density at radius 2 is 1.61 bits per heavy atom. The van der Waals surface area contributed by atoms with E-state index in [-0.39, 0.29) is 12.1 Å². The van der Waals surface area contributed by atoms with Gasteiger partial charge in [-0.25, -0.2) is 4.79 Å². The number of carbonyl (C=O) groups excluding carboxylic acids is 1. The Kier molecular flexibility index (Phi) is 7.46. The summed E-state index contributed by atoms with van der Waals surface area (Å²) >= 11 is 0. The molecule has 5 nitrogen and oxygen atoms in total. The maximum absolute atomic E-state index is 13.1. The molecule has 1 aliphatic rings. The van der Waals surface area contributed by atoms with Gasteiger partial charge in [0.2, 0.25) is 0 Å². The molecule has 1 heterocycles. The highest BCUT2D eigenvalue weighted by Gasteiger charge is 2.20. The van der Waals surface area contributed by atoms with Crippen molar-refractivity contribution >= 4 is 11.7 Å². The lowest BCUT2D eigenvalue weighted by molar-refractivity contribution is 0.145. The Labute approximate surface area is 168 Å². The molecule has 1 N–H and O–H groups in total. The average Bonchev–Trinajstić information content (AvgIpc) is 2.71. The first-order chi connectivity index (χ1) is 13.6. The third-order valence-electron chi connectivity index (χ3n) is 5.28. The summed E-state index contributed by atoms with van der Waals surface area (Å²) in [6.45, 7) is 7.95. The van der Waals surface area contributed by atoms with Gasteiger partial charge in [-0.3, -0.25) is 9.80 Å². The summed E-state index contributed by atoms with van der Waals surface area (Å²) in [5.74, 6) is 0. The Morgan fingerprint density at radius 3 is 2.25 bits per heavy atom. The topological polar surface area (TPSA) is 38.8 Å². The molecular formula is C23H32N4O. The van der Waals surface area contributed by atoms with Crippen molar-refractivity contribution in [2.24, 2.45) is 0 Å². The van der Waals surface area contributed by atoms with Gasteiger partial charge in [-0.05, 0) is 38.1 Å². The van der Waals surface area contributed by atoms with Crippen LogP contribution in [-0.4, -0.2) is 68.2 Å². The van der Waals surface area contributed by atoms with Crippen molar-refractivity contribution in [2.75, 3.05) is 51.2 Å². The smallest absolute Gasteiger partial charge is 0.322 e. The molecule has 2 aromatic carbocycles. The van der Waals surface area contributed by atoms with Crippen LogP contribution in [0.25, 0.3) is 0 Å². The molecule has 0 radical (unpaired) electrons. The van der Waals surface area contributed by atoms with E-state index < -0.39 is 0 Å². The van der Waals surface area contributed by atoms with Gasteiger partial charge < -0.3 is 10.2 Å². The lowest BCUT2D eigenvalue weighted by Gasteiger charge is -2.34. The number of urea groups is 1. The van der Waals surface area contributed by atoms with Crippen LogP contribution in [0, 0.1) is 0 Å². The summed E-state index contributed by atoms with van der Waals surface area (Å²) in [7, 11) is 2.16. The van der Waals surface area contributed by atoms with Gasteiger partial charge in [0.05, 0.1) is 0 Å². The van der Waals surface area contributed by atoms with Gasteiger partial charge in [0.25, 0.3) is 0 Å². The maximum Gasteiger partial charge on any atom is 0.322 e. The van der Waals surface area contributed by atoms with Crippen molar-refractivity contribution in [2.45, 2.75) is 19.4 Å². The summed E-state index contributed by atoms with van der Waals surface area (Å²) < 4.78 is 0. The zero-order valence-corrected chi connectivity index (χ0v) is 17.1. The van der Waals surface area contributed by atoms with E-state index in [0.29, 0.717) is 6.54 Å². The van der Waals surface area contributed by atoms with E-state index in [1.54, 1.807) is 0 Å². The van der Waals surface area contributed by atoms with Crippen molar-refractivity contribution in [1.29, 1.82) is 0 Å². The fraction of sp³-hybridized carbons (Fsp3) is 0.435. The summed E-state index contributed by atoms with van der Waals surface area (Å²) in [5.41, 5.74) is 2.17. The number of amides is 2. The monoisotopic (exact) mass is 380 g/mol. The number of para-hydroxylation sites is 1. The molecule has 2 aromatic rings. The number of nitrogens with zero attached hydrogens (tertiary/aromatic N) is 3. The maximum atomic E-state index is 13.1. The Bertz CT molecular complexity index is 714. The quantitative estimate of drug-likeness (QED) is 0.802. The zero-order chi connectivity index (χ0) is 19.8. The van der Waals surface area contributed by atoms with Gasteiger partial charge in [0.1, 0.15) is 0 Å². The lowest BCUT2D eigenvalue weighted by atomic mass is 10.1. The highest BCUT2D eigenvalue weighted by atomic mass is 16.2. The number of anilines is 1. The van der Waals surface area contributed by atoms with Crippen LogP contribution >= 0.6 is 0 Å². The molecule has 1 aliphatic heterocycles. The van der Waals surface area contributed by atoms with E-state index >= 15 is 0 Å². The zero-order valence-electron chi connectivity index (χ0n) is 17.1. The molecule has 5 heteroatoms. The van der Waals surface area contributed by atoms with E-state index in [1.807, 2.05) is 53.4 Å². The van der Waals surface area contributed by atoms with Gasteiger partial charge >= 0.3 is 6.03 Å². The number of hydrogen-bond donors (Lipinski definition) is 1. The number of nitrogens with one attached hydrogen (secondary N) is 1. The summed E-state index contributed by atoms with van der Waals surface area (Å²) in [6, 6.07) is 20.3. The molecular weight excluding hydrogens is 348 g/mol. The minimum absolute atomic E-state index is 0.0243. The molecule has 0 spiro atoms. The second-order valence-corrected chi connectivity index (χ2v) is 7.68. The first-order valence-corrected chi connectivity index (χ1v) is 10.2. The molecule has 150 valence electrons. The number of benzene rings is 2. The van der Waals surface area contributed by atoms with Crippen LogP contribution in [-0.2, 0) is 6.42 Å². The van der Waals surface area contributed by atoms with Crippen LogP contribution in [0.1, 0.15) is 12.5 Å². The van der Waals surface area contributed by atoms with E-state index in [9.17, 15) is 4.79 Å².